The molecule has 1 aromatic rings. The molecule has 20 heavy (non-hydrogen) atoms. The average molecular weight is 280 g/mol. The summed E-state index contributed by atoms with van der Waals surface area (Å²) in [5.41, 5.74) is 0.519. The number of likely N-dealkylation sites (N-methyl/N-ethyl adjacent to an activating group) is 1. The number of benzene rings is 1. The lowest BCUT2D eigenvalue weighted by molar-refractivity contribution is -0.144. The number of anilines is 1. The van der Waals surface area contributed by atoms with Crippen LogP contribution in [0.3, 0.4) is 0 Å². The van der Waals surface area contributed by atoms with Gasteiger partial charge in [-0.1, -0.05) is 6.07 Å². The summed E-state index contributed by atoms with van der Waals surface area (Å²) in [5, 5.41) is 11.3. The van der Waals surface area contributed by atoms with E-state index in [2.05, 4.69) is 5.32 Å². The summed E-state index contributed by atoms with van der Waals surface area (Å²) >= 11 is 0. The maximum absolute atomic E-state index is 11.6. The van der Waals surface area contributed by atoms with Crippen molar-refractivity contribution >= 4 is 17.6 Å². The van der Waals surface area contributed by atoms with Crippen LogP contribution in [0.2, 0.25) is 0 Å². The van der Waals surface area contributed by atoms with Gasteiger partial charge in [0.15, 0.2) is 0 Å². The van der Waals surface area contributed by atoms with Gasteiger partial charge in [-0.15, -0.1) is 0 Å². The zero-order valence-electron chi connectivity index (χ0n) is 11.9. The van der Waals surface area contributed by atoms with Crippen molar-refractivity contribution in [3.8, 4) is 5.75 Å². The topological polar surface area (TPSA) is 78.9 Å². The van der Waals surface area contributed by atoms with E-state index in [1.165, 1.54) is 6.92 Å². The van der Waals surface area contributed by atoms with Crippen LogP contribution in [0, 0.1) is 5.92 Å². The number of amides is 1. The molecule has 1 atom stereocenters. The number of carboxylic acid groups (broad SMARTS) is 1. The van der Waals surface area contributed by atoms with Gasteiger partial charge >= 0.3 is 5.97 Å². The monoisotopic (exact) mass is 280 g/mol. The van der Waals surface area contributed by atoms with Crippen molar-refractivity contribution in [3.63, 3.8) is 0 Å². The third kappa shape index (κ3) is 5.27. The number of ether oxygens (including phenoxy) is 1. The zero-order valence-corrected chi connectivity index (χ0v) is 11.9. The van der Waals surface area contributed by atoms with Crippen LogP contribution in [-0.4, -0.2) is 49.1 Å². The van der Waals surface area contributed by atoms with Crippen molar-refractivity contribution in [2.75, 3.05) is 32.6 Å². The molecule has 1 unspecified atom stereocenters. The largest absolute Gasteiger partial charge is 0.492 e. The SMILES string of the molecule is CC(C(=O)O)C(=O)Nc1cccc(OCCN(C)C)c1. The van der Waals surface area contributed by atoms with Crippen molar-refractivity contribution in [1.29, 1.82) is 0 Å². The van der Waals surface area contributed by atoms with Gasteiger partial charge < -0.3 is 20.1 Å². The Kier molecular flexibility index (Phi) is 5.99. The summed E-state index contributed by atoms with van der Waals surface area (Å²) in [6.45, 7) is 2.66. The fourth-order valence-corrected chi connectivity index (χ4v) is 1.37. The fourth-order valence-electron chi connectivity index (χ4n) is 1.37. The molecule has 110 valence electrons. The summed E-state index contributed by atoms with van der Waals surface area (Å²) in [6, 6.07) is 6.88. The van der Waals surface area contributed by atoms with Gasteiger partial charge in [-0.25, -0.2) is 0 Å². The van der Waals surface area contributed by atoms with E-state index < -0.39 is 17.8 Å². The third-order valence-electron chi connectivity index (χ3n) is 2.67. The Balaban J connectivity index is 2.59. The van der Waals surface area contributed by atoms with Crippen LogP contribution in [0.5, 0.6) is 5.75 Å². The van der Waals surface area contributed by atoms with E-state index in [0.717, 1.165) is 6.54 Å². The van der Waals surface area contributed by atoms with E-state index in [-0.39, 0.29) is 0 Å². The summed E-state index contributed by atoms with van der Waals surface area (Å²) in [7, 11) is 3.90. The van der Waals surface area contributed by atoms with E-state index in [4.69, 9.17) is 9.84 Å². The van der Waals surface area contributed by atoms with Crippen molar-refractivity contribution in [2.45, 2.75) is 6.92 Å². The molecule has 1 amide bonds. The standard InChI is InChI=1S/C14H20N2O4/c1-10(14(18)19)13(17)15-11-5-4-6-12(9-11)20-8-7-16(2)3/h4-6,9-10H,7-8H2,1-3H3,(H,15,17)(H,18,19). The number of carbonyl (C=O) groups excluding carboxylic acids is 1. The van der Waals surface area contributed by atoms with E-state index in [1.807, 2.05) is 19.0 Å². The molecular formula is C14H20N2O4. The molecule has 0 aromatic heterocycles. The summed E-state index contributed by atoms with van der Waals surface area (Å²) < 4.78 is 5.54. The van der Waals surface area contributed by atoms with E-state index >= 15 is 0 Å². The predicted molar refractivity (Wildman–Crippen MR) is 75.9 cm³/mol. The first-order valence-corrected chi connectivity index (χ1v) is 6.31. The number of carbonyl (C=O) groups is 2. The van der Waals surface area contributed by atoms with Gasteiger partial charge in [0.25, 0.3) is 0 Å². The highest BCUT2D eigenvalue weighted by atomic mass is 16.5. The molecule has 0 aliphatic carbocycles. The molecule has 1 aromatic carbocycles. The number of nitrogens with zero attached hydrogens (tertiary/aromatic N) is 1. The van der Waals surface area contributed by atoms with Gasteiger partial charge in [-0.2, -0.15) is 0 Å². The second-order valence-corrected chi connectivity index (χ2v) is 4.73. The van der Waals surface area contributed by atoms with Crippen molar-refractivity contribution in [1.82, 2.24) is 4.90 Å². The van der Waals surface area contributed by atoms with Crippen LogP contribution >= 0.6 is 0 Å². The summed E-state index contributed by atoms with van der Waals surface area (Å²) in [5.74, 6) is -2.16. The van der Waals surface area contributed by atoms with E-state index in [0.29, 0.717) is 18.0 Å². The van der Waals surface area contributed by atoms with Gasteiger partial charge in [0.1, 0.15) is 18.3 Å². The molecule has 0 aliphatic rings. The quantitative estimate of drug-likeness (QED) is 0.736. The summed E-state index contributed by atoms with van der Waals surface area (Å²) in [4.78, 5) is 24.3. The van der Waals surface area contributed by atoms with Crippen LogP contribution in [0.15, 0.2) is 24.3 Å². The highest BCUT2D eigenvalue weighted by Crippen LogP contribution is 2.18. The van der Waals surface area contributed by atoms with E-state index in [1.54, 1.807) is 24.3 Å². The fraction of sp³-hybridized carbons (Fsp3) is 0.429. The van der Waals surface area contributed by atoms with Gasteiger partial charge in [0.05, 0.1) is 0 Å². The summed E-state index contributed by atoms with van der Waals surface area (Å²) in [6.07, 6.45) is 0. The Bertz CT molecular complexity index is 474. The zero-order chi connectivity index (χ0) is 15.1. The number of carboxylic acids is 1. The lowest BCUT2D eigenvalue weighted by atomic mass is 10.1. The van der Waals surface area contributed by atoms with Gasteiger partial charge in [0, 0.05) is 18.3 Å². The van der Waals surface area contributed by atoms with Crippen LogP contribution in [0.1, 0.15) is 6.92 Å². The number of hydrogen-bond acceptors (Lipinski definition) is 4. The molecule has 0 spiro atoms. The smallest absolute Gasteiger partial charge is 0.315 e. The molecule has 0 saturated heterocycles. The van der Waals surface area contributed by atoms with Crippen molar-refractivity contribution < 1.29 is 19.4 Å². The molecule has 6 nitrogen and oxygen atoms in total. The number of nitrogens with one attached hydrogen (secondary N) is 1. The molecule has 0 saturated carbocycles. The van der Waals surface area contributed by atoms with Crippen LogP contribution in [0.25, 0.3) is 0 Å². The van der Waals surface area contributed by atoms with E-state index in [9.17, 15) is 9.59 Å². The highest BCUT2D eigenvalue weighted by molar-refractivity contribution is 6.03. The Morgan fingerprint density at radius 3 is 2.70 bits per heavy atom. The van der Waals surface area contributed by atoms with Crippen molar-refractivity contribution in [2.24, 2.45) is 5.92 Å². The van der Waals surface area contributed by atoms with Crippen LogP contribution in [0.4, 0.5) is 5.69 Å². The highest BCUT2D eigenvalue weighted by Gasteiger charge is 2.20. The lowest BCUT2D eigenvalue weighted by Crippen LogP contribution is -2.26. The van der Waals surface area contributed by atoms with Crippen molar-refractivity contribution in [3.05, 3.63) is 24.3 Å². The minimum Gasteiger partial charge on any atom is -0.492 e. The normalized spacial score (nSPS) is 12.0. The first-order valence-electron chi connectivity index (χ1n) is 6.31. The second-order valence-electron chi connectivity index (χ2n) is 4.73. The van der Waals surface area contributed by atoms with Gasteiger partial charge in [-0.05, 0) is 33.2 Å². The lowest BCUT2D eigenvalue weighted by Gasteiger charge is -2.12. The molecule has 2 N–H and O–H groups in total. The molecule has 0 fully saturated rings. The first kappa shape index (κ1) is 16.0. The maximum Gasteiger partial charge on any atom is 0.315 e. The number of aliphatic carboxylic acids is 1. The first-order chi connectivity index (χ1) is 9.40. The van der Waals surface area contributed by atoms with Crippen LogP contribution < -0.4 is 10.1 Å². The second kappa shape index (κ2) is 7.49. The Labute approximate surface area is 118 Å². The third-order valence-corrected chi connectivity index (χ3v) is 2.67. The van der Waals surface area contributed by atoms with Gasteiger partial charge in [0.2, 0.25) is 5.91 Å². The average Bonchev–Trinajstić information content (AvgIpc) is 2.37. The predicted octanol–water partition coefficient (Wildman–Crippen LogP) is 1.29. The Hall–Kier alpha value is -2.08. The molecule has 0 heterocycles. The molecular weight excluding hydrogens is 260 g/mol. The minimum absolute atomic E-state index is 0.519. The minimum atomic E-state index is -1.15. The molecule has 1 rings (SSSR count). The Morgan fingerprint density at radius 1 is 1.40 bits per heavy atom. The molecule has 0 radical (unpaired) electrons. The molecule has 0 bridgehead atoms. The van der Waals surface area contributed by atoms with Crippen LogP contribution in [-0.2, 0) is 9.59 Å². The maximum atomic E-state index is 11.6. The molecule has 6 heteroatoms. The molecule has 0 aliphatic heterocycles. The Morgan fingerprint density at radius 2 is 2.10 bits per heavy atom. The number of rotatable bonds is 7. The number of hydrogen-bond donors (Lipinski definition) is 2. The van der Waals surface area contributed by atoms with Gasteiger partial charge in [-0.3, -0.25) is 9.59 Å².